The van der Waals surface area contributed by atoms with Crippen molar-refractivity contribution < 1.29 is 16.8 Å². The molecule has 0 unspecified atom stereocenters. The number of hydrogen-bond donors (Lipinski definition) is 0. The number of likely N-dealkylation sites (N-methyl/N-ethyl adjacent to an activating group) is 1. The van der Waals surface area contributed by atoms with Crippen LogP contribution in [0.4, 0.5) is 0 Å². The minimum Gasteiger partial charge on any atom is -0.304 e. The molecule has 1 heterocycles. The Kier molecular flexibility index (Phi) is 8.51. The lowest BCUT2D eigenvalue weighted by Gasteiger charge is -2.31. The van der Waals surface area contributed by atoms with Gasteiger partial charge in [-0.1, -0.05) is 31.9 Å². The number of nitrogens with zero attached hydrogens (tertiary/aromatic N) is 2. The summed E-state index contributed by atoms with van der Waals surface area (Å²) < 4.78 is 49.2. The van der Waals surface area contributed by atoms with Crippen LogP contribution in [0, 0.1) is 0 Å². The Balaban J connectivity index is 0.000000221. The molecule has 1 aliphatic rings. The van der Waals surface area contributed by atoms with Crippen LogP contribution in [0.1, 0.15) is 0 Å². The summed E-state index contributed by atoms with van der Waals surface area (Å²) in [6, 6.07) is 12.9. The van der Waals surface area contributed by atoms with Gasteiger partial charge in [0, 0.05) is 45.8 Å². The van der Waals surface area contributed by atoms with Crippen molar-refractivity contribution in [3.05, 3.63) is 57.5 Å². The van der Waals surface area contributed by atoms with Gasteiger partial charge in [0.25, 0.3) is 9.05 Å². The molecule has 0 aromatic heterocycles. The van der Waals surface area contributed by atoms with Gasteiger partial charge in [-0.15, -0.1) is 0 Å². The first-order valence-corrected chi connectivity index (χ1v) is 13.5. The Bertz CT molecular complexity index is 990. The predicted molar refractivity (Wildman–Crippen MR) is 118 cm³/mol. The number of hydrogen-bond acceptors (Lipinski definition) is 5. The molecule has 0 spiro atoms. The van der Waals surface area contributed by atoms with Crippen molar-refractivity contribution in [3.8, 4) is 0 Å². The highest BCUT2D eigenvalue weighted by molar-refractivity contribution is 9.10. The lowest BCUT2D eigenvalue weighted by atomic mass is 10.4. The summed E-state index contributed by atoms with van der Waals surface area (Å²) in [5, 5.41) is 0. The minimum absolute atomic E-state index is 0.113. The Morgan fingerprint density at radius 3 is 1.54 bits per heavy atom. The summed E-state index contributed by atoms with van der Waals surface area (Å²) in [6.07, 6.45) is 0. The number of piperazine rings is 1. The maximum atomic E-state index is 12.3. The first kappa shape index (κ1) is 23.8. The molecule has 1 fully saturated rings. The lowest BCUT2D eigenvalue weighted by molar-refractivity contribution is 0.222. The molecule has 0 aliphatic carbocycles. The third kappa shape index (κ3) is 6.79. The second-order valence-corrected chi connectivity index (χ2v) is 12.4. The molecule has 6 nitrogen and oxygen atoms in total. The van der Waals surface area contributed by atoms with Crippen LogP contribution >= 0.6 is 42.5 Å². The van der Waals surface area contributed by atoms with Gasteiger partial charge in [-0.25, -0.2) is 16.8 Å². The third-order valence-electron chi connectivity index (χ3n) is 4.01. The monoisotopic (exact) mass is 572 g/mol. The van der Waals surface area contributed by atoms with Crippen LogP contribution < -0.4 is 0 Å². The van der Waals surface area contributed by atoms with Crippen molar-refractivity contribution in [3.63, 3.8) is 0 Å². The first-order valence-electron chi connectivity index (χ1n) is 8.14. The van der Waals surface area contributed by atoms with E-state index in [2.05, 4.69) is 36.8 Å². The van der Waals surface area contributed by atoms with Crippen LogP contribution in [0.25, 0.3) is 0 Å². The molecule has 0 saturated carbocycles. The predicted octanol–water partition coefficient (Wildman–Crippen LogP) is 3.76. The molecule has 11 heteroatoms. The first-order chi connectivity index (χ1) is 13.0. The highest BCUT2D eigenvalue weighted by Gasteiger charge is 2.27. The second-order valence-electron chi connectivity index (χ2n) is 6.05. The van der Waals surface area contributed by atoms with Gasteiger partial charge in [0.1, 0.15) is 0 Å². The van der Waals surface area contributed by atoms with Gasteiger partial charge in [0.05, 0.1) is 9.79 Å². The van der Waals surface area contributed by atoms with Crippen molar-refractivity contribution in [1.82, 2.24) is 9.21 Å². The molecule has 2 aromatic carbocycles. The van der Waals surface area contributed by atoms with Crippen molar-refractivity contribution in [2.75, 3.05) is 33.2 Å². The van der Waals surface area contributed by atoms with E-state index < -0.39 is 19.1 Å². The fourth-order valence-electron chi connectivity index (χ4n) is 2.38. The van der Waals surface area contributed by atoms with Gasteiger partial charge in [0.2, 0.25) is 10.0 Å². The molecule has 154 valence electrons. The fraction of sp³-hybridized carbons (Fsp3) is 0.294. The standard InChI is InChI=1S/C11H15BrN2O2S.C6H4BrClO2S/c1-13-6-8-14(9-7-13)17(15,16)11-4-2-10(12)3-5-11;7-5-1-3-6(4-2-5)11(8,9)10/h2-5H,6-9H2,1H3;1-4H. The minimum atomic E-state index is -3.57. The van der Waals surface area contributed by atoms with E-state index in [1.165, 1.54) is 12.1 Å². The Morgan fingerprint density at radius 1 is 0.750 bits per heavy atom. The number of halogens is 3. The number of benzene rings is 2. The van der Waals surface area contributed by atoms with Crippen molar-refractivity contribution >= 4 is 61.6 Å². The lowest BCUT2D eigenvalue weighted by Crippen LogP contribution is -2.46. The van der Waals surface area contributed by atoms with Gasteiger partial charge in [0.15, 0.2) is 0 Å². The molecular weight excluding hydrogens is 556 g/mol. The fourth-order valence-corrected chi connectivity index (χ4v) is 5.10. The normalized spacial score (nSPS) is 16.3. The average Bonchev–Trinajstić information content (AvgIpc) is 2.62. The molecule has 0 N–H and O–H groups in total. The summed E-state index contributed by atoms with van der Waals surface area (Å²) in [6.45, 7) is 2.70. The van der Waals surface area contributed by atoms with E-state index >= 15 is 0 Å². The van der Waals surface area contributed by atoms with Crippen LogP contribution in [0.15, 0.2) is 67.3 Å². The van der Waals surface area contributed by atoms with Gasteiger partial charge < -0.3 is 4.90 Å². The van der Waals surface area contributed by atoms with Crippen molar-refractivity contribution in [2.45, 2.75) is 9.79 Å². The van der Waals surface area contributed by atoms with E-state index in [0.29, 0.717) is 18.0 Å². The van der Waals surface area contributed by atoms with Gasteiger partial charge >= 0.3 is 0 Å². The van der Waals surface area contributed by atoms with Crippen LogP contribution in [0.5, 0.6) is 0 Å². The summed E-state index contributed by atoms with van der Waals surface area (Å²) in [4.78, 5) is 2.61. The topological polar surface area (TPSA) is 74.8 Å². The molecule has 0 bridgehead atoms. The number of rotatable bonds is 3. The highest BCUT2D eigenvalue weighted by Crippen LogP contribution is 2.20. The van der Waals surface area contributed by atoms with Crippen LogP contribution in [-0.2, 0) is 19.1 Å². The van der Waals surface area contributed by atoms with E-state index in [0.717, 1.165) is 22.0 Å². The maximum Gasteiger partial charge on any atom is 0.261 e. The Morgan fingerprint density at radius 2 is 1.14 bits per heavy atom. The molecule has 28 heavy (non-hydrogen) atoms. The summed E-state index contributed by atoms with van der Waals surface area (Å²) in [7, 11) is 0.187. The molecule has 1 saturated heterocycles. The number of sulfonamides is 1. The average molecular weight is 575 g/mol. The zero-order chi connectivity index (χ0) is 20.9. The van der Waals surface area contributed by atoms with E-state index in [9.17, 15) is 16.8 Å². The van der Waals surface area contributed by atoms with Gasteiger partial charge in [-0.2, -0.15) is 4.31 Å². The Hall–Kier alpha value is -0.490. The summed E-state index contributed by atoms with van der Waals surface area (Å²) in [5.41, 5.74) is 0. The van der Waals surface area contributed by atoms with E-state index in [-0.39, 0.29) is 4.90 Å². The summed E-state index contributed by atoms with van der Waals surface area (Å²) >= 11 is 6.48. The van der Waals surface area contributed by atoms with E-state index in [1.54, 1.807) is 40.7 Å². The van der Waals surface area contributed by atoms with E-state index in [4.69, 9.17) is 10.7 Å². The SMILES string of the molecule is CN1CCN(S(=O)(=O)c2ccc(Br)cc2)CC1.O=S(=O)(Cl)c1ccc(Br)cc1. The van der Waals surface area contributed by atoms with Crippen LogP contribution in [-0.4, -0.2) is 59.3 Å². The van der Waals surface area contributed by atoms with E-state index in [1.807, 2.05) is 7.05 Å². The summed E-state index contributed by atoms with van der Waals surface area (Å²) in [5.74, 6) is 0. The molecule has 0 radical (unpaired) electrons. The van der Waals surface area contributed by atoms with Gasteiger partial charge in [-0.3, -0.25) is 0 Å². The van der Waals surface area contributed by atoms with Crippen molar-refractivity contribution in [1.29, 1.82) is 0 Å². The second kappa shape index (κ2) is 10.0. The molecule has 2 aromatic rings. The largest absolute Gasteiger partial charge is 0.304 e. The quantitative estimate of drug-likeness (QED) is 0.522. The molecule has 0 amide bonds. The highest BCUT2D eigenvalue weighted by atomic mass is 79.9. The maximum absolute atomic E-state index is 12.3. The molecule has 0 atom stereocenters. The molecule has 1 aliphatic heterocycles. The molecule has 3 rings (SSSR count). The van der Waals surface area contributed by atoms with Crippen molar-refractivity contribution in [2.24, 2.45) is 0 Å². The third-order valence-corrected chi connectivity index (χ3v) is 8.35. The van der Waals surface area contributed by atoms with Gasteiger partial charge in [-0.05, 0) is 55.6 Å². The van der Waals surface area contributed by atoms with Crippen LogP contribution in [0.3, 0.4) is 0 Å². The zero-order valence-electron chi connectivity index (χ0n) is 14.9. The van der Waals surface area contributed by atoms with Crippen LogP contribution in [0.2, 0.25) is 0 Å². The Labute approximate surface area is 187 Å². The smallest absolute Gasteiger partial charge is 0.261 e. The molecular formula is C17H19Br2ClN2O4S2. The zero-order valence-corrected chi connectivity index (χ0v) is 20.5.